The van der Waals surface area contributed by atoms with Gasteiger partial charge in [0.15, 0.2) is 6.30 Å². The molecule has 0 radical (unpaired) electrons. The molecule has 0 aromatic heterocycles. The molecule has 1 aromatic carbocycles. The second kappa shape index (κ2) is 4.70. The molecule has 2 rings (SSSR count). The fourth-order valence-corrected chi connectivity index (χ4v) is 2.40. The molecule has 0 fully saturated rings. The number of carbonyl (C=O) groups is 1. The molecule has 1 unspecified atom stereocenters. The highest BCUT2D eigenvalue weighted by molar-refractivity contribution is 8.45. The molecule has 128 valence electrons. The number of hydrogen-bond acceptors (Lipinski definition) is 2. The van der Waals surface area contributed by atoms with Gasteiger partial charge in [-0.15, -0.1) is 0 Å². The summed E-state index contributed by atoms with van der Waals surface area (Å²) in [6, 6.07) is 1.79. The molecular formula is C13H12F6N2OS. The number of nitrogens with zero attached hydrogens (tertiary/aromatic N) is 1. The first-order valence-corrected chi connectivity index (χ1v) is 8.13. The van der Waals surface area contributed by atoms with Gasteiger partial charge >= 0.3 is 10.2 Å². The van der Waals surface area contributed by atoms with Crippen LogP contribution >= 0.6 is 10.2 Å². The Balaban J connectivity index is 2.15. The Morgan fingerprint density at radius 2 is 1.70 bits per heavy atom. The van der Waals surface area contributed by atoms with Gasteiger partial charge in [-0.2, -0.15) is 0 Å². The first-order valence-electron chi connectivity index (χ1n) is 6.18. The summed E-state index contributed by atoms with van der Waals surface area (Å²) in [5.41, 5.74) is -0.156. The molecule has 1 N–H and O–H groups in total. The van der Waals surface area contributed by atoms with Gasteiger partial charge in [0.05, 0.1) is 0 Å². The minimum atomic E-state index is -9.74. The van der Waals surface area contributed by atoms with E-state index in [-0.39, 0.29) is 23.4 Å². The van der Waals surface area contributed by atoms with Crippen LogP contribution in [0.4, 0.5) is 29.5 Å². The van der Waals surface area contributed by atoms with Crippen molar-refractivity contribution in [1.82, 2.24) is 4.90 Å². The fourth-order valence-electron chi connectivity index (χ4n) is 1.75. The number of amides is 1. The highest BCUT2D eigenvalue weighted by Gasteiger charge is 2.65. The highest BCUT2D eigenvalue weighted by atomic mass is 32.5. The van der Waals surface area contributed by atoms with E-state index >= 15 is 0 Å². The molecule has 0 spiro atoms. The van der Waals surface area contributed by atoms with E-state index < -0.39 is 27.3 Å². The molecule has 0 aliphatic carbocycles. The van der Waals surface area contributed by atoms with Gasteiger partial charge in [0.1, 0.15) is 4.90 Å². The van der Waals surface area contributed by atoms with Gasteiger partial charge in [-0.05, 0) is 36.4 Å². The van der Waals surface area contributed by atoms with Crippen LogP contribution < -0.4 is 5.32 Å². The quantitative estimate of drug-likeness (QED) is 0.612. The number of nitrogens with one attached hydrogen (secondary N) is 1. The number of halogens is 6. The van der Waals surface area contributed by atoms with Crippen LogP contribution in [-0.2, 0) is 4.79 Å². The van der Waals surface area contributed by atoms with E-state index in [2.05, 4.69) is 5.32 Å². The summed E-state index contributed by atoms with van der Waals surface area (Å²) in [6.45, 7) is 0. The van der Waals surface area contributed by atoms with Crippen LogP contribution in [0.3, 0.4) is 0 Å². The largest absolute Gasteiger partial charge is 0.348 e. The van der Waals surface area contributed by atoms with Crippen molar-refractivity contribution in [1.29, 1.82) is 0 Å². The number of alkyl halides is 1. The highest BCUT2D eigenvalue weighted by Crippen LogP contribution is 3.02. The van der Waals surface area contributed by atoms with Crippen LogP contribution in [-0.4, -0.2) is 24.2 Å². The Kier molecular flexibility index (Phi) is 3.52. The van der Waals surface area contributed by atoms with E-state index in [0.29, 0.717) is 12.1 Å². The molecule has 1 amide bonds. The second-order valence-corrected chi connectivity index (χ2v) is 7.33. The topological polar surface area (TPSA) is 32.3 Å². The van der Waals surface area contributed by atoms with Crippen LogP contribution in [0.25, 0.3) is 0 Å². The van der Waals surface area contributed by atoms with Crippen molar-refractivity contribution in [2.45, 2.75) is 11.2 Å². The zero-order valence-corrected chi connectivity index (χ0v) is 12.5. The third-order valence-corrected chi connectivity index (χ3v) is 4.18. The maximum Gasteiger partial charge on any atom is 0.310 e. The normalized spacial score (nSPS) is 21.3. The molecule has 1 aliphatic heterocycles. The van der Waals surface area contributed by atoms with E-state index in [0.717, 1.165) is 6.08 Å². The zero-order chi connectivity index (χ0) is 17.5. The minimum Gasteiger partial charge on any atom is -0.348 e. The van der Waals surface area contributed by atoms with Crippen molar-refractivity contribution in [3.05, 3.63) is 48.2 Å². The second-order valence-electron chi connectivity index (χ2n) is 4.92. The standard InChI is InChI=1S/C13H12F6N2OS/c1-21-7-6-9(8-12(21)14)13(22)20-10-2-4-11(5-3-10)23(15,16,17,18)19/h2-8,12H,1H3,(H,20,22). The number of likely N-dealkylation sites (N-methyl/N-ethyl adjacent to an activating group) is 1. The number of hydrogen-bond donors (Lipinski definition) is 1. The average Bonchev–Trinajstić information content (AvgIpc) is 2.40. The lowest BCUT2D eigenvalue weighted by molar-refractivity contribution is -0.112. The Labute approximate surface area is 128 Å². The predicted octanol–water partition coefficient (Wildman–Crippen LogP) is 4.96. The van der Waals surface area contributed by atoms with Crippen molar-refractivity contribution >= 4 is 21.8 Å². The molecule has 10 heteroatoms. The summed E-state index contributed by atoms with van der Waals surface area (Å²) in [4.78, 5) is 11.0. The third-order valence-electron chi connectivity index (χ3n) is 3.02. The van der Waals surface area contributed by atoms with Crippen molar-refractivity contribution in [2.75, 3.05) is 12.4 Å². The van der Waals surface area contributed by atoms with Gasteiger partial charge in [0.2, 0.25) is 0 Å². The summed E-state index contributed by atoms with van der Waals surface area (Å²) in [6.07, 6.45) is 2.13. The van der Waals surface area contributed by atoms with Crippen molar-refractivity contribution in [3.8, 4) is 0 Å². The van der Waals surface area contributed by atoms with Crippen LogP contribution in [0.5, 0.6) is 0 Å². The first-order chi connectivity index (χ1) is 10.3. The number of carbonyl (C=O) groups excluding carboxylic acids is 1. The lowest BCUT2D eigenvalue weighted by atomic mass is 10.1. The maximum atomic E-state index is 13.4. The van der Waals surface area contributed by atoms with Gasteiger partial charge in [-0.25, -0.2) is 4.39 Å². The number of benzene rings is 1. The molecule has 0 saturated heterocycles. The van der Waals surface area contributed by atoms with Crippen LogP contribution in [0, 0.1) is 0 Å². The van der Waals surface area contributed by atoms with Crippen molar-refractivity contribution in [3.63, 3.8) is 0 Å². The zero-order valence-electron chi connectivity index (χ0n) is 11.7. The van der Waals surface area contributed by atoms with Crippen molar-refractivity contribution < 1.29 is 28.6 Å². The molecule has 0 bridgehead atoms. The Morgan fingerprint density at radius 1 is 1.13 bits per heavy atom. The van der Waals surface area contributed by atoms with Crippen LogP contribution in [0.15, 0.2) is 53.1 Å². The summed E-state index contributed by atoms with van der Waals surface area (Å²) in [5, 5.41) is 2.21. The lowest BCUT2D eigenvalue weighted by Crippen LogP contribution is -2.26. The molecular weight excluding hydrogens is 346 g/mol. The van der Waals surface area contributed by atoms with Crippen molar-refractivity contribution in [2.24, 2.45) is 0 Å². The summed E-state index contributed by atoms with van der Waals surface area (Å²) in [5.74, 6) is -0.767. The Bertz CT molecular complexity index is 696. The summed E-state index contributed by atoms with van der Waals surface area (Å²) < 4.78 is 76.2. The van der Waals surface area contributed by atoms with E-state index in [9.17, 15) is 28.6 Å². The Hall–Kier alpha value is -2.10. The molecule has 1 atom stereocenters. The minimum absolute atomic E-state index is 0.0348. The van der Waals surface area contributed by atoms with E-state index in [1.807, 2.05) is 0 Å². The monoisotopic (exact) mass is 358 g/mol. The van der Waals surface area contributed by atoms with Crippen LogP contribution in [0.1, 0.15) is 0 Å². The van der Waals surface area contributed by atoms with Gasteiger partial charge < -0.3 is 10.2 Å². The Morgan fingerprint density at radius 3 is 2.17 bits per heavy atom. The molecule has 23 heavy (non-hydrogen) atoms. The molecule has 1 aromatic rings. The van der Waals surface area contributed by atoms with E-state index in [1.165, 1.54) is 24.2 Å². The fraction of sp³-hybridized carbons (Fsp3) is 0.154. The van der Waals surface area contributed by atoms with E-state index in [1.54, 1.807) is 0 Å². The molecule has 3 nitrogen and oxygen atoms in total. The summed E-state index contributed by atoms with van der Waals surface area (Å²) in [7, 11) is -8.29. The van der Waals surface area contributed by atoms with Gasteiger partial charge in [-0.1, -0.05) is 19.4 Å². The lowest BCUT2D eigenvalue weighted by Gasteiger charge is -2.40. The van der Waals surface area contributed by atoms with E-state index in [4.69, 9.17) is 0 Å². The molecule has 1 aliphatic rings. The third kappa shape index (κ3) is 4.21. The predicted molar refractivity (Wildman–Crippen MR) is 76.4 cm³/mol. The number of rotatable bonds is 3. The summed E-state index contributed by atoms with van der Waals surface area (Å²) >= 11 is 0. The average molecular weight is 358 g/mol. The van der Waals surface area contributed by atoms with Gasteiger partial charge in [0.25, 0.3) is 5.91 Å². The SMILES string of the molecule is CN1C=CC(C(=O)Nc2ccc(S(F)(F)(F)(F)F)cc2)=CC1F. The molecule has 0 saturated carbocycles. The van der Waals surface area contributed by atoms with Gasteiger partial charge in [0, 0.05) is 24.5 Å². The number of anilines is 1. The maximum absolute atomic E-state index is 13.4. The van der Waals surface area contributed by atoms with Crippen LogP contribution in [0.2, 0.25) is 0 Å². The van der Waals surface area contributed by atoms with Gasteiger partial charge in [-0.3, -0.25) is 4.79 Å². The first kappa shape index (κ1) is 17.3. The smallest absolute Gasteiger partial charge is 0.310 e. The molecule has 1 heterocycles.